The van der Waals surface area contributed by atoms with E-state index in [4.69, 9.17) is 0 Å². The molecule has 0 amide bonds. The van der Waals surface area contributed by atoms with E-state index in [1.165, 1.54) is 5.56 Å². The van der Waals surface area contributed by atoms with Crippen LogP contribution in [0.3, 0.4) is 0 Å². The predicted octanol–water partition coefficient (Wildman–Crippen LogP) is 0.941. The van der Waals surface area contributed by atoms with Gasteiger partial charge in [0.15, 0.2) is 0 Å². The summed E-state index contributed by atoms with van der Waals surface area (Å²) in [5.74, 6) is 0. The third-order valence-electron chi connectivity index (χ3n) is 1.83. The van der Waals surface area contributed by atoms with E-state index >= 15 is 0 Å². The lowest BCUT2D eigenvalue weighted by atomic mass is 10.1. The molecule has 54 valence electrons. The minimum Gasteiger partial charge on any atom is -0.343 e. The number of hydrogen-bond acceptors (Lipinski definition) is 0. The van der Waals surface area contributed by atoms with Crippen LogP contribution in [0.2, 0.25) is 0 Å². The van der Waals surface area contributed by atoms with Crippen LogP contribution in [0.15, 0.2) is 30.3 Å². The Morgan fingerprint density at radius 3 is 2.30 bits per heavy atom. The number of nitrogens with two attached hydrogens (primary N) is 1. The monoisotopic (exact) mass is 136 g/mol. The number of benzene rings is 1. The zero-order valence-corrected chi connectivity index (χ0v) is 6.54. The third kappa shape index (κ3) is 1.58. The third-order valence-corrected chi connectivity index (χ3v) is 1.83. The lowest BCUT2D eigenvalue weighted by molar-refractivity contribution is -0.666. The molecule has 1 rings (SSSR count). The summed E-state index contributed by atoms with van der Waals surface area (Å²) in [6.07, 6.45) is 0. The molecule has 0 fully saturated rings. The van der Waals surface area contributed by atoms with Gasteiger partial charge in [0.2, 0.25) is 0 Å². The van der Waals surface area contributed by atoms with Gasteiger partial charge in [-0.2, -0.15) is 0 Å². The van der Waals surface area contributed by atoms with E-state index in [1.807, 2.05) is 6.07 Å². The Kier molecular flexibility index (Phi) is 2.46. The fourth-order valence-electron chi connectivity index (χ4n) is 0.949. The summed E-state index contributed by atoms with van der Waals surface area (Å²) >= 11 is 0. The molecule has 0 spiro atoms. The Balaban J connectivity index is 2.75. The first kappa shape index (κ1) is 7.29. The molecule has 0 unspecified atom stereocenters. The van der Waals surface area contributed by atoms with Gasteiger partial charge in [-0.1, -0.05) is 30.3 Å². The minimum absolute atomic E-state index is 0.584. The van der Waals surface area contributed by atoms with Gasteiger partial charge in [0.1, 0.15) is 6.04 Å². The summed E-state index contributed by atoms with van der Waals surface area (Å²) in [7, 11) is 2.09. The molecule has 0 bridgehead atoms. The highest BCUT2D eigenvalue weighted by Crippen LogP contribution is 2.05. The van der Waals surface area contributed by atoms with Crippen molar-refractivity contribution in [3.8, 4) is 0 Å². The summed E-state index contributed by atoms with van der Waals surface area (Å²) in [5.41, 5.74) is 1.39. The van der Waals surface area contributed by atoms with Crippen LogP contribution in [0.5, 0.6) is 0 Å². The molecule has 0 heterocycles. The molecule has 1 heteroatoms. The average Bonchev–Trinajstić information content (AvgIpc) is 2.05. The molecule has 0 aliphatic rings. The lowest BCUT2D eigenvalue weighted by Crippen LogP contribution is -2.80. The van der Waals surface area contributed by atoms with E-state index < -0.39 is 0 Å². The Bertz CT molecular complexity index is 181. The maximum atomic E-state index is 2.20. The van der Waals surface area contributed by atoms with Gasteiger partial charge in [0.05, 0.1) is 7.05 Å². The van der Waals surface area contributed by atoms with E-state index in [1.54, 1.807) is 0 Å². The maximum absolute atomic E-state index is 2.20. The molecule has 0 saturated carbocycles. The molecule has 0 aromatic heterocycles. The van der Waals surface area contributed by atoms with E-state index in [2.05, 4.69) is 43.6 Å². The fourth-order valence-corrected chi connectivity index (χ4v) is 0.949. The zero-order chi connectivity index (χ0) is 7.40. The Morgan fingerprint density at radius 1 is 1.20 bits per heavy atom. The van der Waals surface area contributed by atoms with Crippen molar-refractivity contribution in [1.82, 2.24) is 0 Å². The largest absolute Gasteiger partial charge is 0.343 e. The molecule has 0 aliphatic heterocycles. The lowest BCUT2D eigenvalue weighted by Gasteiger charge is -2.05. The van der Waals surface area contributed by atoms with E-state index in [9.17, 15) is 0 Å². The topological polar surface area (TPSA) is 16.6 Å². The van der Waals surface area contributed by atoms with Crippen molar-refractivity contribution in [1.29, 1.82) is 0 Å². The first-order valence-electron chi connectivity index (χ1n) is 3.69. The molecule has 1 nitrogen and oxygen atoms in total. The SMILES string of the molecule is C[NH2+][C@@H](C)c1ccccc1. The van der Waals surface area contributed by atoms with Crippen LogP contribution >= 0.6 is 0 Å². The Hall–Kier alpha value is -0.820. The molecule has 1 aromatic rings. The maximum Gasteiger partial charge on any atom is 0.108 e. The highest BCUT2D eigenvalue weighted by molar-refractivity contribution is 5.16. The molecular weight excluding hydrogens is 122 g/mol. The Morgan fingerprint density at radius 2 is 1.80 bits per heavy atom. The van der Waals surface area contributed by atoms with Crippen molar-refractivity contribution in [2.45, 2.75) is 13.0 Å². The minimum atomic E-state index is 0.584. The molecular formula is C9H14N+. The summed E-state index contributed by atoms with van der Waals surface area (Å²) in [6, 6.07) is 11.1. The van der Waals surface area contributed by atoms with E-state index in [0.717, 1.165) is 0 Å². The first-order chi connectivity index (χ1) is 4.84. The zero-order valence-electron chi connectivity index (χ0n) is 6.54. The van der Waals surface area contributed by atoms with Crippen LogP contribution < -0.4 is 5.32 Å². The summed E-state index contributed by atoms with van der Waals surface area (Å²) in [4.78, 5) is 0. The van der Waals surface area contributed by atoms with Gasteiger partial charge >= 0.3 is 0 Å². The molecule has 0 aliphatic carbocycles. The molecule has 2 N–H and O–H groups in total. The van der Waals surface area contributed by atoms with Crippen molar-refractivity contribution in [2.75, 3.05) is 7.05 Å². The average molecular weight is 136 g/mol. The van der Waals surface area contributed by atoms with Crippen molar-refractivity contribution in [3.63, 3.8) is 0 Å². The number of hydrogen-bond donors (Lipinski definition) is 1. The van der Waals surface area contributed by atoms with E-state index in [0.29, 0.717) is 6.04 Å². The Labute approximate surface area is 62.1 Å². The number of rotatable bonds is 2. The van der Waals surface area contributed by atoms with Crippen molar-refractivity contribution in [2.24, 2.45) is 0 Å². The normalized spacial score (nSPS) is 13.0. The molecule has 10 heavy (non-hydrogen) atoms. The molecule has 1 aromatic carbocycles. The summed E-state index contributed by atoms with van der Waals surface area (Å²) in [5, 5.41) is 2.20. The molecule has 0 saturated heterocycles. The second kappa shape index (κ2) is 3.37. The van der Waals surface area contributed by atoms with Crippen molar-refractivity contribution in [3.05, 3.63) is 35.9 Å². The van der Waals surface area contributed by atoms with Crippen LogP contribution in [0.4, 0.5) is 0 Å². The molecule has 0 radical (unpaired) electrons. The highest BCUT2D eigenvalue weighted by atomic mass is 14.8. The van der Waals surface area contributed by atoms with Gasteiger partial charge in [-0.05, 0) is 6.92 Å². The second-order valence-electron chi connectivity index (χ2n) is 2.53. The summed E-state index contributed by atoms with van der Waals surface area (Å²) in [6.45, 7) is 2.20. The van der Waals surface area contributed by atoms with Crippen LogP contribution in [0.25, 0.3) is 0 Å². The van der Waals surface area contributed by atoms with Crippen LogP contribution in [0.1, 0.15) is 18.5 Å². The van der Waals surface area contributed by atoms with Gasteiger partial charge in [0.25, 0.3) is 0 Å². The quantitative estimate of drug-likeness (QED) is 0.623. The van der Waals surface area contributed by atoms with Crippen molar-refractivity contribution >= 4 is 0 Å². The van der Waals surface area contributed by atoms with Crippen molar-refractivity contribution < 1.29 is 5.32 Å². The van der Waals surface area contributed by atoms with Gasteiger partial charge in [-0.3, -0.25) is 0 Å². The van der Waals surface area contributed by atoms with Crippen LogP contribution in [0, 0.1) is 0 Å². The fraction of sp³-hybridized carbons (Fsp3) is 0.333. The van der Waals surface area contributed by atoms with Crippen LogP contribution in [-0.2, 0) is 0 Å². The second-order valence-corrected chi connectivity index (χ2v) is 2.53. The smallest absolute Gasteiger partial charge is 0.108 e. The van der Waals surface area contributed by atoms with E-state index in [-0.39, 0.29) is 0 Å². The van der Waals surface area contributed by atoms with Crippen LogP contribution in [-0.4, -0.2) is 7.05 Å². The number of quaternary nitrogens is 1. The molecule has 1 atom stereocenters. The first-order valence-corrected chi connectivity index (χ1v) is 3.69. The van der Waals surface area contributed by atoms with Gasteiger partial charge in [0, 0.05) is 5.56 Å². The predicted molar refractivity (Wildman–Crippen MR) is 42.7 cm³/mol. The summed E-state index contributed by atoms with van der Waals surface area (Å²) < 4.78 is 0. The van der Waals surface area contributed by atoms with Gasteiger partial charge < -0.3 is 5.32 Å². The highest BCUT2D eigenvalue weighted by Gasteiger charge is 2.01. The standard InChI is InChI=1S/C9H13N/c1-8(10-2)9-6-4-3-5-7-9/h3-8,10H,1-2H3/p+1/t8-/m0/s1. The van der Waals surface area contributed by atoms with Gasteiger partial charge in [-0.25, -0.2) is 0 Å². The van der Waals surface area contributed by atoms with Gasteiger partial charge in [-0.15, -0.1) is 0 Å².